The number of likely N-dealkylation sites (tertiary alicyclic amines) is 1. The number of nitrogens with one attached hydrogen (secondary N) is 1. The molecule has 0 unspecified atom stereocenters. The van der Waals surface area contributed by atoms with Crippen LogP contribution in [0.2, 0.25) is 0 Å². The second-order valence-corrected chi connectivity index (χ2v) is 4.81. The van der Waals surface area contributed by atoms with Crippen LogP contribution in [-0.2, 0) is 6.54 Å². The highest BCUT2D eigenvalue weighted by Crippen LogP contribution is 2.15. The third kappa shape index (κ3) is 3.21. The lowest BCUT2D eigenvalue weighted by molar-refractivity contribution is 0.271. The number of nitrogens with zero attached hydrogens (tertiary/aromatic N) is 4. The minimum Gasteiger partial charge on any atom is -0.347 e. The van der Waals surface area contributed by atoms with E-state index in [0.717, 1.165) is 25.0 Å². The topological polar surface area (TPSA) is 66.5 Å². The second-order valence-electron chi connectivity index (χ2n) is 4.81. The van der Waals surface area contributed by atoms with E-state index in [1.807, 2.05) is 6.92 Å². The summed E-state index contributed by atoms with van der Waals surface area (Å²) in [6.45, 7) is 6.76. The molecule has 0 aliphatic carbocycles. The first-order valence-electron chi connectivity index (χ1n) is 6.44. The molecule has 1 aliphatic rings. The maximum absolute atomic E-state index is 5.07. The molecule has 0 aromatic carbocycles. The third-order valence-electron chi connectivity index (χ3n) is 3.26. The minimum absolute atomic E-state index is 0.527. The Labute approximate surface area is 107 Å². The smallest absolute Gasteiger partial charge is 0.246 e. The van der Waals surface area contributed by atoms with E-state index < -0.39 is 0 Å². The molecule has 100 valence electrons. The molecule has 2 heterocycles. The van der Waals surface area contributed by atoms with Crippen LogP contribution < -0.4 is 5.32 Å². The Bertz CT molecular complexity index is 406. The Hall–Kier alpha value is -1.59. The Kier molecular flexibility index (Phi) is 4.17. The van der Waals surface area contributed by atoms with Gasteiger partial charge in [0.05, 0.1) is 6.54 Å². The van der Waals surface area contributed by atoms with Crippen LogP contribution in [0.5, 0.6) is 0 Å². The van der Waals surface area contributed by atoms with Crippen LogP contribution in [0.1, 0.15) is 31.5 Å². The van der Waals surface area contributed by atoms with E-state index >= 15 is 0 Å². The summed E-state index contributed by atoms with van der Waals surface area (Å²) < 4.78 is 5.07. The lowest BCUT2D eigenvalue weighted by atomic mass is 10.00. The van der Waals surface area contributed by atoms with Crippen LogP contribution >= 0.6 is 0 Å². The van der Waals surface area contributed by atoms with Crippen molar-refractivity contribution < 1.29 is 4.52 Å². The summed E-state index contributed by atoms with van der Waals surface area (Å²) >= 11 is 0. The van der Waals surface area contributed by atoms with Gasteiger partial charge < -0.3 is 14.7 Å². The van der Waals surface area contributed by atoms with Crippen LogP contribution in [0.4, 0.5) is 0 Å². The molecule has 1 N–H and O–H groups in total. The van der Waals surface area contributed by atoms with Gasteiger partial charge in [0, 0.05) is 20.1 Å². The highest BCUT2D eigenvalue weighted by molar-refractivity contribution is 5.79. The van der Waals surface area contributed by atoms with Gasteiger partial charge in [0.2, 0.25) is 5.89 Å². The summed E-state index contributed by atoms with van der Waals surface area (Å²) in [7, 11) is 1.80. The molecular formula is C12H21N5O. The molecule has 0 spiro atoms. The molecule has 6 nitrogen and oxygen atoms in total. The first-order chi connectivity index (χ1) is 8.69. The third-order valence-corrected chi connectivity index (χ3v) is 3.26. The molecule has 1 saturated heterocycles. The molecule has 0 atom stereocenters. The maximum atomic E-state index is 5.07. The Morgan fingerprint density at radius 1 is 1.50 bits per heavy atom. The Balaban J connectivity index is 1.86. The van der Waals surface area contributed by atoms with Gasteiger partial charge in [-0.05, 0) is 25.7 Å². The minimum atomic E-state index is 0.527. The van der Waals surface area contributed by atoms with Crippen LogP contribution in [0, 0.1) is 12.8 Å². The molecule has 18 heavy (non-hydrogen) atoms. The summed E-state index contributed by atoms with van der Waals surface area (Å²) in [5.74, 6) is 2.99. The van der Waals surface area contributed by atoms with E-state index in [9.17, 15) is 0 Å². The van der Waals surface area contributed by atoms with Crippen LogP contribution in [0.3, 0.4) is 0 Å². The average molecular weight is 251 g/mol. The SMILES string of the molecule is CN=C(NCc1nc(C)no1)N1CCC(C)CC1. The zero-order valence-corrected chi connectivity index (χ0v) is 11.3. The van der Waals surface area contributed by atoms with E-state index in [1.165, 1.54) is 12.8 Å². The molecule has 0 radical (unpaired) electrons. The van der Waals surface area contributed by atoms with E-state index in [0.29, 0.717) is 18.3 Å². The van der Waals surface area contributed by atoms with Crippen molar-refractivity contribution in [3.63, 3.8) is 0 Å². The maximum Gasteiger partial charge on any atom is 0.246 e. The van der Waals surface area contributed by atoms with Gasteiger partial charge in [-0.15, -0.1) is 0 Å². The van der Waals surface area contributed by atoms with Crippen molar-refractivity contribution in [1.82, 2.24) is 20.4 Å². The van der Waals surface area contributed by atoms with Crippen molar-refractivity contribution in [1.29, 1.82) is 0 Å². The summed E-state index contributed by atoms with van der Waals surface area (Å²) in [4.78, 5) is 10.7. The number of aromatic nitrogens is 2. The summed E-state index contributed by atoms with van der Waals surface area (Å²) in [6, 6.07) is 0. The van der Waals surface area contributed by atoms with Gasteiger partial charge in [0.15, 0.2) is 11.8 Å². The molecule has 0 saturated carbocycles. The van der Waals surface area contributed by atoms with E-state index in [-0.39, 0.29) is 0 Å². The van der Waals surface area contributed by atoms with E-state index in [4.69, 9.17) is 4.52 Å². The zero-order valence-electron chi connectivity index (χ0n) is 11.3. The number of aliphatic imine (C=N–C) groups is 1. The fourth-order valence-electron chi connectivity index (χ4n) is 2.12. The molecule has 1 aromatic rings. The van der Waals surface area contributed by atoms with Gasteiger partial charge in [0.1, 0.15) is 0 Å². The summed E-state index contributed by atoms with van der Waals surface area (Å²) in [5.41, 5.74) is 0. The number of hydrogen-bond donors (Lipinski definition) is 1. The number of guanidine groups is 1. The van der Waals surface area contributed by atoms with Crippen molar-refractivity contribution >= 4 is 5.96 Å². The summed E-state index contributed by atoms with van der Waals surface area (Å²) in [6.07, 6.45) is 2.45. The first kappa shape index (κ1) is 12.9. The molecular weight excluding hydrogens is 230 g/mol. The number of rotatable bonds is 2. The van der Waals surface area contributed by atoms with E-state index in [1.54, 1.807) is 7.05 Å². The molecule has 1 aliphatic heterocycles. The number of piperidine rings is 1. The monoisotopic (exact) mass is 251 g/mol. The Morgan fingerprint density at radius 2 is 2.22 bits per heavy atom. The predicted octanol–water partition coefficient (Wildman–Crippen LogP) is 1.19. The zero-order chi connectivity index (χ0) is 13.0. The van der Waals surface area contributed by atoms with E-state index in [2.05, 4.69) is 32.3 Å². The molecule has 1 fully saturated rings. The molecule has 0 bridgehead atoms. The van der Waals surface area contributed by atoms with Crippen LogP contribution in [0.25, 0.3) is 0 Å². The second kappa shape index (κ2) is 5.84. The first-order valence-corrected chi connectivity index (χ1v) is 6.44. The van der Waals surface area contributed by atoms with Crippen molar-refractivity contribution in [3.05, 3.63) is 11.7 Å². The number of hydrogen-bond acceptors (Lipinski definition) is 4. The van der Waals surface area contributed by atoms with Gasteiger partial charge in [-0.2, -0.15) is 4.98 Å². The quantitative estimate of drug-likeness (QED) is 0.631. The summed E-state index contributed by atoms with van der Waals surface area (Å²) in [5, 5.41) is 7.03. The van der Waals surface area contributed by atoms with Gasteiger partial charge >= 0.3 is 0 Å². The van der Waals surface area contributed by atoms with Crippen LogP contribution in [-0.4, -0.2) is 41.1 Å². The van der Waals surface area contributed by atoms with Gasteiger partial charge in [-0.3, -0.25) is 4.99 Å². The highest BCUT2D eigenvalue weighted by atomic mass is 16.5. The molecule has 2 rings (SSSR count). The Morgan fingerprint density at radius 3 is 2.78 bits per heavy atom. The van der Waals surface area contributed by atoms with Crippen molar-refractivity contribution in [2.45, 2.75) is 33.2 Å². The molecule has 6 heteroatoms. The van der Waals surface area contributed by atoms with Crippen molar-refractivity contribution in [3.8, 4) is 0 Å². The highest BCUT2D eigenvalue weighted by Gasteiger charge is 2.18. The fourth-order valence-corrected chi connectivity index (χ4v) is 2.12. The normalized spacial score (nSPS) is 18.2. The standard InChI is InChI=1S/C12H21N5O/c1-9-4-6-17(7-5-9)12(13-3)14-8-11-15-10(2)16-18-11/h9H,4-8H2,1-3H3,(H,13,14). The number of aryl methyl sites for hydroxylation is 1. The average Bonchev–Trinajstić information content (AvgIpc) is 2.78. The van der Waals surface area contributed by atoms with Crippen LogP contribution in [0.15, 0.2) is 9.52 Å². The van der Waals surface area contributed by atoms with Crippen molar-refractivity contribution in [2.24, 2.45) is 10.9 Å². The molecule has 1 aromatic heterocycles. The fraction of sp³-hybridized carbons (Fsp3) is 0.750. The van der Waals surface area contributed by atoms with Gasteiger partial charge in [-0.1, -0.05) is 12.1 Å². The molecule has 0 amide bonds. The lowest BCUT2D eigenvalue weighted by Gasteiger charge is -2.32. The van der Waals surface area contributed by atoms with Gasteiger partial charge in [0.25, 0.3) is 0 Å². The lowest BCUT2D eigenvalue weighted by Crippen LogP contribution is -2.45. The van der Waals surface area contributed by atoms with Gasteiger partial charge in [-0.25, -0.2) is 0 Å². The largest absolute Gasteiger partial charge is 0.347 e. The van der Waals surface area contributed by atoms with Crippen molar-refractivity contribution in [2.75, 3.05) is 20.1 Å². The predicted molar refractivity (Wildman–Crippen MR) is 69.2 cm³/mol.